The normalized spacial score (nSPS) is 12.6. The van der Waals surface area contributed by atoms with E-state index in [0.29, 0.717) is 6.61 Å². The van der Waals surface area contributed by atoms with Gasteiger partial charge in [0.1, 0.15) is 12.4 Å². The minimum atomic E-state index is -4.33. The summed E-state index contributed by atoms with van der Waals surface area (Å²) < 4.78 is 50.1. The van der Waals surface area contributed by atoms with E-state index < -0.39 is 18.5 Å². The van der Waals surface area contributed by atoms with Crippen molar-refractivity contribution < 1.29 is 27.4 Å². The highest BCUT2D eigenvalue weighted by molar-refractivity contribution is 7.09. The topological polar surface area (TPSA) is 76.6 Å². The Balaban J connectivity index is 2.49. The molecule has 0 radical (unpaired) electrons. The van der Waals surface area contributed by atoms with Gasteiger partial charge in [-0.1, -0.05) is 20.8 Å². The number of hydrogen-bond donors (Lipinski definition) is 0. The zero-order valence-electron chi connectivity index (χ0n) is 17.7. The SMILES string of the molecule is COCCOc1ccc(C#N)cc1C(=O)/N=c1\sc(C(C)(C)C)cn1CCC(F)(F)F. The van der Waals surface area contributed by atoms with Crippen molar-refractivity contribution in [2.45, 2.75) is 45.3 Å². The maximum Gasteiger partial charge on any atom is 0.390 e. The third-order valence-corrected chi connectivity index (χ3v) is 5.62. The molecule has 0 atom stereocenters. The van der Waals surface area contributed by atoms with Gasteiger partial charge in [-0.2, -0.15) is 23.4 Å². The highest BCUT2D eigenvalue weighted by atomic mass is 32.1. The second-order valence-corrected chi connectivity index (χ2v) is 8.78. The lowest BCUT2D eigenvalue weighted by atomic mass is 9.95. The molecule has 2 rings (SSSR count). The van der Waals surface area contributed by atoms with Gasteiger partial charge in [-0.3, -0.25) is 4.79 Å². The number of alkyl halides is 3. The summed E-state index contributed by atoms with van der Waals surface area (Å²) in [5.41, 5.74) is -0.0243. The number of nitrogens with zero attached hydrogens (tertiary/aromatic N) is 3. The first-order chi connectivity index (χ1) is 14.4. The molecule has 0 fully saturated rings. The molecule has 1 amide bonds. The van der Waals surface area contributed by atoms with E-state index in [1.165, 1.54) is 29.9 Å². The van der Waals surface area contributed by atoms with Gasteiger partial charge in [0.2, 0.25) is 0 Å². The molecule has 10 heteroatoms. The number of rotatable bonds is 7. The van der Waals surface area contributed by atoms with Crippen LogP contribution >= 0.6 is 11.3 Å². The molecular formula is C21H24F3N3O3S. The van der Waals surface area contributed by atoms with Crippen molar-refractivity contribution in [3.8, 4) is 11.8 Å². The van der Waals surface area contributed by atoms with E-state index in [1.807, 2.05) is 26.8 Å². The summed E-state index contributed by atoms with van der Waals surface area (Å²) in [5.74, 6) is -0.480. The van der Waals surface area contributed by atoms with Crippen LogP contribution in [0.3, 0.4) is 0 Å². The molecule has 0 aliphatic rings. The third-order valence-electron chi connectivity index (χ3n) is 4.18. The van der Waals surface area contributed by atoms with Gasteiger partial charge in [0.25, 0.3) is 5.91 Å². The van der Waals surface area contributed by atoms with E-state index in [9.17, 15) is 18.0 Å². The van der Waals surface area contributed by atoms with Crippen molar-refractivity contribution in [1.29, 1.82) is 5.26 Å². The summed E-state index contributed by atoms with van der Waals surface area (Å²) in [6.45, 7) is 5.91. The van der Waals surface area contributed by atoms with Crippen LogP contribution in [-0.4, -0.2) is 37.0 Å². The molecule has 0 spiro atoms. The predicted molar refractivity (Wildman–Crippen MR) is 110 cm³/mol. The van der Waals surface area contributed by atoms with Gasteiger partial charge in [0.15, 0.2) is 4.80 Å². The number of benzene rings is 1. The van der Waals surface area contributed by atoms with Crippen LogP contribution in [0, 0.1) is 11.3 Å². The molecule has 6 nitrogen and oxygen atoms in total. The van der Waals surface area contributed by atoms with Crippen LogP contribution < -0.4 is 9.54 Å². The molecule has 168 valence electrons. The molecule has 0 unspecified atom stereocenters. The minimum Gasteiger partial charge on any atom is -0.490 e. The zero-order chi connectivity index (χ0) is 23.2. The van der Waals surface area contributed by atoms with Crippen LogP contribution in [0.25, 0.3) is 0 Å². The van der Waals surface area contributed by atoms with Crippen LogP contribution in [-0.2, 0) is 16.7 Å². The number of nitriles is 1. The molecule has 0 N–H and O–H groups in total. The van der Waals surface area contributed by atoms with Crippen molar-refractivity contribution in [1.82, 2.24) is 4.57 Å². The molecule has 0 saturated heterocycles. The van der Waals surface area contributed by atoms with Crippen molar-refractivity contribution >= 4 is 17.2 Å². The Labute approximate surface area is 182 Å². The van der Waals surface area contributed by atoms with Gasteiger partial charge < -0.3 is 14.0 Å². The number of hydrogen-bond acceptors (Lipinski definition) is 5. The molecule has 1 aromatic carbocycles. The van der Waals surface area contributed by atoms with E-state index in [1.54, 1.807) is 6.20 Å². The largest absolute Gasteiger partial charge is 0.490 e. The van der Waals surface area contributed by atoms with Crippen LogP contribution in [0.1, 0.15) is 48.0 Å². The maximum atomic E-state index is 12.9. The van der Waals surface area contributed by atoms with Gasteiger partial charge >= 0.3 is 6.18 Å². The van der Waals surface area contributed by atoms with Crippen LogP contribution in [0.2, 0.25) is 0 Å². The molecule has 2 aromatic rings. The number of aromatic nitrogens is 1. The average molecular weight is 456 g/mol. The molecule has 0 aliphatic heterocycles. The second-order valence-electron chi connectivity index (χ2n) is 7.77. The van der Waals surface area contributed by atoms with Gasteiger partial charge in [0, 0.05) is 24.7 Å². The number of ether oxygens (including phenoxy) is 2. The maximum absolute atomic E-state index is 12.9. The quantitative estimate of drug-likeness (QED) is 0.579. The predicted octanol–water partition coefficient (Wildman–Crippen LogP) is 4.44. The first-order valence-electron chi connectivity index (χ1n) is 9.47. The van der Waals surface area contributed by atoms with E-state index in [-0.39, 0.29) is 40.2 Å². The summed E-state index contributed by atoms with van der Waals surface area (Å²) in [5, 5.41) is 9.16. The van der Waals surface area contributed by atoms with Gasteiger partial charge in [-0.05, 0) is 23.6 Å². The summed E-state index contributed by atoms with van der Waals surface area (Å²) in [6, 6.07) is 6.30. The summed E-state index contributed by atoms with van der Waals surface area (Å²) in [7, 11) is 1.51. The number of methoxy groups -OCH3 is 1. The lowest BCUT2D eigenvalue weighted by molar-refractivity contribution is -0.136. The van der Waals surface area contributed by atoms with Crippen molar-refractivity contribution in [3.05, 3.63) is 45.2 Å². The summed E-state index contributed by atoms with van der Waals surface area (Å²) in [6.07, 6.45) is -3.77. The van der Waals surface area contributed by atoms with Crippen LogP contribution in [0.4, 0.5) is 13.2 Å². The summed E-state index contributed by atoms with van der Waals surface area (Å²) >= 11 is 1.16. The molecule has 1 aromatic heterocycles. The molecule has 31 heavy (non-hydrogen) atoms. The van der Waals surface area contributed by atoms with Gasteiger partial charge in [0.05, 0.1) is 30.2 Å². The first kappa shape index (κ1) is 24.6. The van der Waals surface area contributed by atoms with Crippen LogP contribution in [0.15, 0.2) is 29.4 Å². The van der Waals surface area contributed by atoms with Crippen molar-refractivity contribution in [3.63, 3.8) is 0 Å². The number of carbonyl (C=O) groups is 1. The van der Waals surface area contributed by atoms with E-state index in [4.69, 9.17) is 14.7 Å². The molecule has 1 heterocycles. The Hall–Kier alpha value is -2.64. The Bertz CT molecular complexity index is 1030. The highest BCUT2D eigenvalue weighted by Crippen LogP contribution is 2.26. The molecule has 0 aliphatic carbocycles. The lowest BCUT2D eigenvalue weighted by Gasteiger charge is -2.14. The van der Waals surface area contributed by atoms with E-state index >= 15 is 0 Å². The van der Waals surface area contributed by atoms with Crippen molar-refractivity contribution in [2.24, 2.45) is 4.99 Å². The Morgan fingerprint density at radius 2 is 1.97 bits per heavy atom. The van der Waals surface area contributed by atoms with E-state index in [0.717, 1.165) is 16.2 Å². The van der Waals surface area contributed by atoms with Gasteiger partial charge in [-0.15, -0.1) is 11.3 Å². The Morgan fingerprint density at radius 1 is 1.26 bits per heavy atom. The molecular weight excluding hydrogens is 431 g/mol. The van der Waals surface area contributed by atoms with Crippen LogP contribution in [0.5, 0.6) is 5.75 Å². The molecule has 0 bridgehead atoms. The van der Waals surface area contributed by atoms with Gasteiger partial charge in [-0.25, -0.2) is 0 Å². The smallest absolute Gasteiger partial charge is 0.390 e. The highest BCUT2D eigenvalue weighted by Gasteiger charge is 2.27. The Morgan fingerprint density at radius 3 is 2.55 bits per heavy atom. The number of thiazole rings is 1. The monoisotopic (exact) mass is 455 g/mol. The average Bonchev–Trinajstić information content (AvgIpc) is 3.09. The summed E-state index contributed by atoms with van der Waals surface area (Å²) in [4.78, 5) is 18.0. The number of amides is 1. The standard InChI is InChI=1S/C21H24F3N3O3S/c1-20(2,3)17-13-27(8-7-21(22,23)24)19(31-17)26-18(28)15-11-14(12-25)5-6-16(15)30-10-9-29-4/h5-6,11,13H,7-10H2,1-4H3/b26-19-. The second kappa shape index (κ2) is 10.1. The minimum absolute atomic E-state index is 0.0585. The van der Waals surface area contributed by atoms with Crippen molar-refractivity contribution in [2.75, 3.05) is 20.3 Å². The van der Waals surface area contributed by atoms with E-state index in [2.05, 4.69) is 4.99 Å². The lowest BCUT2D eigenvalue weighted by Crippen LogP contribution is -2.20. The fourth-order valence-electron chi connectivity index (χ4n) is 2.50. The third kappa shape index (κ3) is 7.22. The Kier molecular flexibility index (Phi) is 8.03. The zero-order valence-corrected chi connectivity index (χ0v) is 18.6. The first-order valence-corrected chi connectivity index (χ1v) is 10.3. The fourth-order valence-corrected chi connectivity index (χ4v) is 3.57. The number of carbonyl (C=O) groups excluding carboxylic acids is 1. The molecule has 0 saturated carbocycles. The fraction of sp³-hybridized carbons (Fsp3) is 0.476. The number of aryl methyl sites for hydroxylation is 1. The number of halogens is 3.